The summed E-state index contributed by atoms with van der Waals surface area (Å²) in [5.41, 5.74) is 3.29. The predicted molar refractivity (Wildman–Crippen MR) is 113 cm³/mol. The van der Waals surface area contributed by atoms with Gasteiger partial charge >= 0.3 is 6.03 Å². The molecule has 2 saturated heterocycles. The lowest BCUT2D eigenvalue weighted by molar-refractivity contribution is 0.00699. The standard InChI is InChI=1S/C23H30N4O2/c1-18-17-26(22-7-12-29-13-8-22)10-11-27(18)23(28)25-15-19-4-2-5-20(14-19)21-6-3-9-24-16-21/h2-6,9,14,16,18,22H,7-8,10-13,15,17H2,1H3,(H,25,28)/t18-/m0/s1. The Bertz CT molecular complexity index is 808. The maximum atomic E-state index is 12.8. The van der Waals surface area contributed by atoms with Crippen molar-refractivity contribution in [3.05, 3.63) is 54.4 Å². The van der Waals surface area contributed by atoms with E-state index in [1.165, 1.54) is 0 Å². The van der Waals surface area contributed by atoms with E-state index in [2.05, 4.69) is 34.3 Å². The van der Waals surface area contributed by atoms with E-state index in [1.807, 2.05) is 35.4 Å². The SMILES string of the molecule is C[C@H]1CN(C2CCOCC2)CCN1C(=O)NCc1cccc(-c2cccnc2)c1. The number of aromatic nitrogens is 1. The number of amides is 2. The van der Waals surface area contributed by atoms with Gasteiger partial charge in [0, 0.05) is 63.9 Å². The Morgan fingerprint density at radius 3 is 2.76 bits per heavy atom. The van der Waals surface area contributed by atoms with E-state index in [1.54, 1.807) is 6.20 Å². The average Bonchev–Trinajstić information content (AvgIpc) is 2.79. The first-order valence-electron chi connectivity index (χ1n) is 10.6. The van der Waals surface area contributed by atoms with Gasteiger partial charge in [-0.1, -0.05) is 24.3 Å². The van der Waals surface area contributed by atoms with E-state index >= 15 is 0 Å². The summed E-state index contributed by atoms with van der Waals surface area (Å²) in [6.07, 6.45) is 5.84. The fraction of sp³-hybridized carbons (Fsp3) is 0.478. The lowest BCUT2D eigenvalue weighted by atomic mass is 10.0. The molecule has 3 heterocycles. The van der Waals surface area contributed by atoms with Gasteiger partial charge in [0.1, 0.15) is 0 Å². The minimum absolute atomic E-state index is 0.0240. The lowest BCUT2D eigenvalue weighted by Gasteiger charge is -2.44. The van der Waals surface area contributed by atoms with Gasteiger partial charge in [-0.25, -0.2) is 4.79 Å². The molecule has 0 unspecified atom stereocenters. The third-order valence-corrected chi connectivity index (χ3v) is 5.99. The molecule has 2 amide bonds. The molecule has 2 aromatic rings. The van der Waals surface area contributed by atoms with Crippen LogP contribution in [0.5, 0.6) is 0 Å². The van der Waals surface area contributed by atoms with Crippen LogP contribution in [0.25, 0.3) is 11.1 Å². The van der Waals surface area contributed by atoms with Crippen molar-refractivity contribution in [1.82, 2.24) is 20.1 Å². The van der Waals surface area contributed by atoms with Crippen molar-refractivity contribution in [2.75, 3.05) is 32.8 Å². The molecule has 1 aromatic heterocycles. The largest absolute Gasteiger partial charge is 0.381 e. The van der Waals surface area contributed by atoms with Crippen molar-refractivity contribution in [1.29, 1.82) is 0 Å². The summed E-state index contributed by atoms with van der Waals surface area (Å²) in [5, 5.41) is 3.10. The highest BCUT2D eigenvalue weighted by Gasteiger charge is 2.31. The Kier molecular flexibility index (Phi) is 6.42. The van der Waals surface area contributed by atoms with Crippen LogP contribution in [0.15, 0.2) is 48.8 Å². The maximum Gasteiger partial charge on any atom is 0.317 e. The summed E-state index contributed by atoms with van der Waals surface area (Å²) in [7, 11) is 0. The Balaban J connectivity index is 1.31. The molecule has 0 aliphatic carbocycles. The second-order valence-electron chi connectivity index (χ2n) is 7.98. The van der Waals surface area contributed by atoms with Crippen LogP contribution in [0.2, 0.25) is 0 Å². The van der Waals surface area contributed by atoms with Crippen molar-refractivity contribution < 1.29 is 9.53 Å². The number of rotatable bonds is 4. The van der Waals surface area contributed by atoms with E-state index in [4.69, 9.17) is 4.74 Å². The normalized spacial score (nSPS) is 21.1. The number of urea groups is 1. The molecule has 154 valence electrons. The summed E-state index contributed by atoms with van der Waals surface area (Å²) in [6, 6.07) is 13.1. The molecule has 2 aliphatic heterocycles. The molecule has 2 aliphatic rings. The quantitative estimate of drug-likeness (QED) is 0.866. The first-order chi connectivity index (χ1) is 14.2. The Morgan fingerprint density at radius 1 is 1.17 bits per heavy atom. The number of carbonyl (C=O) groups excluding carboxylic acids is 1. The second-order valence-corrected chi connectivity index (χ2v) is 7.98. The van der Waals surface area contributed by atoms with Crippen LogP contribution in [0.3, 0.4) is 0 Å². The van der Waals surface area contributed by atoms with Crippen molar-refractivity contribution in [3.63, 3.8) is 0 Å². The smallest absolute Gasteiger partial charge is 0.317 e. The molecule has 29 heavy (non-hydrogen) atoms. The summed E-state index contributed by atoms with van der Waals surface area (Å²) in [4.78, 5) is 21.5. The van der Waals surface area contributed by atoms with Crippen LogP contribution in [-0.2, 0) is 11.3 Å². The molecule has 0 bridgehead atoms. The number of hydrogen-bond acceptors (Lipinski definition) is 4. The molecule has 1 aromatic carbocycles. The number of benzene rings is 1. The number of nitrogens with zero attached hydrogens (tertiary/aromatic N) is 3. The van der Waals surface area contributed by atoms with Crippen molar-refractivity contribution in [2.45, 2.75) is 38.4 Å². The molecule has 1 atom stereocenters. The minimum Gasteiger partial charge on any atom is -0.381 e. The number of ether oxygens (including phenoxy) is 1. The van der Waals surface area contributed by atoms with E-state index in [0.29, 0.717) is 12.6 Å². The molecule has 4 rings (SSSR count). The zero-order valence-corrected chi connectivity index (χ0v) is 17.1. The monoisotopic (exact) mass is 394 g/mol. The zero-order chi connectivity index (χ0) is 20.1. The molecule has 0 saturated carbocycles. The van der Waals surface area contributed by atoms with Gasteiger partial charge in [-0.05, 0) is 48.6 Å². The fourth-order valence-electron chi connectivity index (χ4n) is 4.34. The Labute approximate surface area is 172 Å². The summed E-state index contributed by atoms with van der Waals surface area (Å²) >= 11 is 0. The summed E-state index contributed by atoms with van der Waals surface area (Å²) in [5.74, 6) is 0. The van der Waals surface area contributed by atoms with Crippen molar-refractivity contribution in [3.8, 4) is 11.1 Å². The molecule has 6 heteroatoms. The third-order valence-electron chi connectivity index (χ3n) is 5.99. The fourth-order valence-corrected chi connectivity index (χ4v) is 4.34. The highest BCUT2D eigenvalue weighted by molar-refractivity contribution is 5.74. The van der Waals surface area contributed by atoms with Crippen LogP contribution < -0.4 is 5.32 Å². The molecule has 0 radical (unpaired) electrons. The highest BCUT2D eigenvalue weighted by Crippen LogP contribution is 2.21. The third kappa shape index (κ3) is 4.95. The molecule has 6 nitrogen and oxygen atoms in total. The second kappa shape index (κ2) is 9.37. The van der Waals surface area contributed by atoms with Crippen LogP contribution in [0, 0.1) is 0 Å². The Hall–Kier alpha value is -2.44. The van der Waals surface area contributed by atoms with Gasteiger partial charge in [-0.3, -0.25) is 9.88 Å². The molecular weight excluding hydrogens is 364 g/mol. The zero-order valence-electron chi connectivity index (χ0n) is 17.1. The molecule has 0 spiro atoms. The number of piperazine rings is 1. The minimum atomic E-state index is 0.0240. The number of hydrogen-bond donors (Lipinski definition) is 1. The van der Waals surface area contributed by atoms with Gasteiger partial charge in [0.2, 0.25) is 0 Å². The molecule has 1 N–H and O–H groups in total. The first kappa shape index (κ1) is 19.9. The van der Waals surface area contributed by atoms with Gasteiger partial charge in [0.25, 0.3) is 0 Å². The lowest BCUT2D eigenvalue weighted by Crippen LogP contribution is -2.58. The van der Waals surface area contributed by atoms with Crippen LogP contribution in [0.1, 0.15) is 25.3 Å². The van der Waals surface area contributed by atoms with E-state index < -0.39 is 0 Å². The number of carbonyl (C=O) groups is 1. The predicted octanol–water partition coefficient (Wildman–Crippen LogP) is 3.14. The van der Waals surface area contributed by atoms with Crippen LogP contribution in [0.4, 0.5) is 4.79 Å². The number of pyridine rings is 1. The van der Waals surface area contributed by atoms with Gasteiger partial charge in [-0.2, -0.15) is 0 Å². The van der Waals surface area contributed by atoms with Gasteiger partial charge in [-0.15, -0.1) is 0 Å². The Morgan fingerprint density at radius 2 is 2.00 bits per heavy atom. The summed E-state index contributed by atoms with van der Waals surface area (Å²) < 4.78 is 5.48. The van der Waals surface area contributed by atoms with Gasteiger partial charge < -0.3 is 15.0 Å². The van der Waals surface area contributed by atoms with E-state index in [0.717, 1.165) is 62.4 Å². The van der Waals surface area contributed by atoms with Crippen LogP contribution >= 0.6 is 0 Å². The van der Waals surface area contributed by atoms with E-state index in [-0.39, 0.29) is 12.1 Å². The van der Waals surface area contributed by atoms with Crippen LogP contribution in [-0.4, -0.2) is 65.7 Å². The van der Waals surface area contributed by atoms with Gasteiger partial charge in [0.15, 0.2) is 0 Å². The first-order valence-corrected chi connectivity index (χ1v) is 10.6. The highest BCUT2D eigenvalue weighted by atomic mass is 16.5. The van der Waals surface area contributed by atoms with Gasteiger partial charge in [0.05, 0.1) is 0 Å². The summed E-state index contributed by atoms with van der Waals surface area (Å²) in [6.45, 7) is 7.05. The average molecular weight is 395 g/mol. The van der Waals surface area contributed by atoms with Crippen molar-refractivity contribution >= 4 is 6.03 Å². The maximum absolute atomic E-state index is 12.8. The molecule has 2 fully saturated rings. The molecular formula is C23H30N4O2. The topological polar surface area (TPSA) is 57.7 Å². The van der Waals surface area contributed by atoms with E-state index in [9.17, 15) is 4.79 Å². The van der Waals surface area contributed by atoms with Crippen molar-refractivity contribution in [2.24, 2.45) is 0 Å². The number of nitrogens with one attached hydrogen (secondary N) is 1.